The van der Waals surface area contributed by atoms with Crippen molar-refractivity contribution in [3.8, 4) is 17.5 Å². The predicted molar refractivity (Wildman–Crippen MR) is 197 cm³/mol. The van der Waals surface area contributed by atoms with Crippen LogP contribution in [0.5, 0.6) is 5.75 Å². The zero-order chi connectivity index (χ0) is 40.1. The monoisotopic (exact) mass is 785 g/mol. The topological polar surface area (TPSA) is 133 Å². The number of rotatable bonds is 10. The Labute approximate surface area is 325 Å². The number of likely N-dealkylation sites (tertiary alicyclic amines) is 2. The summed E-state index contributed by atoms with van der Waals surface area (Å²) in [5.74, 6) is -3.19. The highest BCUT2D eigenvalue weighted by molar-refractivity contribution is 6.07. The number of hydrogen-bond donors (Lipinski definition) is 1. The van der Waals surface area contributed by atoms with E-state index in [9.17, 15) is 37.2 Å². The summed E-state index contributed by atoms with van der Waals surface area (Å²) in [6.07, 6.45) is -3.70. The molecule has 16 heteroatoms. The number of likely N-dealkylation sites (N-methyl/N-ethyl adjacent to an activating group) is 1. The minimum absolute atomic E-state index is 0.0420. The molecule has 3 atom stereocenters. The second kappa shape index (κ2) is 14.9. The first kappa shape index (κ1) is 38.1. The van der Waals surface area contributed by atoms with Gasteiger partial charge in [0.1, 0.15) is 36.1 Å². The Morgan fingerprint density at radius 1 is 1.07 bits per heavy atom. The molecule has 8 rings (SSSR count). The molecule has 0 unspecified atom stereocenters. The second-order valence-electron chi connectivity index (χ2n) is 15.0. The molecule has 4 aliphatic heterocycles. The second-order valence-corrected chi connectivity index (χ2v) is 15.0. The van der Waals surface area contributed by atoms with Crippen molar-refractivity contribution in [2.45, 2.75) is 43.9 Å². The third-order valence-electron chi connectivity index (χ3n) is 11.2. The van der Waals surface area contributed by atoms with E-state index >= 15 is 0 Å². The normalized spacial score (nSPS) is 21.4. The molecule has 3 aromatic carbocycles. The summed E-state index contributed by atoms with van der Waals surface area (Å²) in [5.41, 5.74) is -0.202. The van der Waals surface area contributed by atoms with Crippen molar-refractivity contribution >= 4 is 23.5 Å². The molecular weight excluding hydrogens is 746 g/mol. The summed E-state index contributed by atoms with van der Waals surface area (Å²) in [6.45, 7) is 6.60. The quantitative estimate of drug-likeness (QED) is 0.218. The van der Waals surface area contributed by atoms with Gasteiger partial charge in [-0.15, -0.1) is 0 Å². The molecule has 1 aromatic heterocycles. The van der Waals surface area contributed by atoms with Crippen LogP contribution >= 0.6 is 0 Å². The van der Waals surface area contributed by atoms with Gasteiger partial charge in [0.05, 0.1) is 30.5 Å². The maximum absolute atomic E-state index is 14.7. The summed E-state index contributed by atoms with van der Waals surface area (Å²) >= 11 is 0. The average Bonchev–Trinajstić information content (AvgIpc) is 3.81. The number of aromatic nitrogens is 2. The third-order valence-corrected chi connectivity index (χ3v) is 11.2. The molecule has 1 spiro atoms. The van der Waals surface area contributed by atoms with Crippen LogP contribution in [0, 0.1) is 22.6 Å². The van der Waals surface area contributed by atoms with Crippen LogP contribution in [0.15, 0.2) is 72.8 Å². The van der Waals surface area contributed by atoms with Gasteiger partial charge in [0.15, 0.2) is 5.69 Å². The first-order chi connectivity index (χ1) is 27.4. The van der Waals surface area contributed by atoms with E-state index in [4.69, 9.17) is 14.6 Å². The molecule has 0 saturated carbocycles. The number of alkyl halides is 3. The van der Waals surface area contributed by atoms with Crippen LogP contribution in [-0.4, -0.2) is 102 Å². The molecule has 12 nitrogen and oxygen atoms in total. The molecule has 4 aliphatic rings. The molecular formula is C41H39F4N7O5. The van der Waals surface area contributed by atoms with E-state index in [0.29, 0.717) is 49.1 Å². The average molecular weight is 786 g/mol. The molecule has 5 heterocycles. The highest BCUT2D eigenvalue weighted by Gasteiger charge is 2.50. The molecule has 3 fully saturated rings. The lowest BCUT2D eigenvalue weighted by Crippen LogP contribution is -2.66. The molecule has 296 valence electrons. The Kier molecular flexibility index (Phi) is 9.99. The number of hydrogen-bond acceptors (Lipinski definition) is 8. The largest absolute Gasteiger partial charge is 0.492 e. The van der Waals surface area contributed by atoms with E-state index in [-0.39, 0.29) is 41.1 Å². The number of nitriles is 1. The number of nitrogens with one attached hydrogen (secondary N) is 1. The number of benzene rings is 3. The zero-order valence-electron chi connectivity index (χ0n) is 31.0. The van der Waals surface area contributed by atoms with Crippen molar-refractivity contribution in [3.05, 3.63) is 107 Å². The standard InChI is InChI=1S/C41H39F4N7O5/c1-2-50-37-33(32(25-11-13-28(42)14-12-25)34(38(50)54)47-36(53)26-6-3-7-27(18-26)41(43,44)45)35(39(55)51-15-5-9-30(51)20-46)48-52(37)29-8-4-10-31(19-29)57-17-16-49-21-40(22-49)23-56-24-40/h3-4,6-8,10-14,18-19,30,32,34H,2,5,9,15-17,21-24H2,1H3,(H,47,53)/t30-,32+,34+/m0/s1. The lowest BCUT2D eigenvalue weighted by molar-refractivity contribution is -0.189. The van der Waals surface area contributed by atoms with Gasteiger partial charge in [-0.2, -0.15) is 23.5 Å². The van der Waals surface area contributed by atoms with Gasteiger partial charge >= 0.3 is 6.18 Å². The van der Waals surface area contributed by atoms with Crippen LogP contribution in [0.2, 0.25) is 0 Å². The summed E-state index contributed by atoms with van der Waals surface area (Å²) in [4.78, 5) is 48.2. The zero-order valence-corrected chi connectivity index (χ0v) is 31.0. The maximum Gasteiger partial charge on any atom is 0.416 e. The van der Waals surface area contributed by atoms with Gasteiger partial charge in [0, 0.05) is 61.2 Å². The third kappa shape index (κ3) is 7.10. The minimum atomic E-state index is -4.73. The molecule has 57 heavy (non-hydrogen) atoms. The predicted octanol–water partition coefficient (Wildman–Crippen LogP) is 5.17. The van der Waals surface area contributed by atoms with Crippen molar-refractivity contribution in [3.63, 3.8) is 0 Å². The Balaban J connectivity index is 1.22. The number of fused-ring (bicyclic) bond motifs is 1. The van der Waals surface area contributed by atoms with Crippen LogP contribution < -0.4 is 15.0 Å². The number of amides is 3. The van der Waals surface area contributed by atoms with Crippen LogP contribution in [0.4, 0.5) is 23.4 Å². The first-order valence-corrected chi connectivity index (χ1v) is 18.8. The van der Waals surface area contributed by atoms with Crippen LogP contribution in [0.1, 0.15) is 63.2 Å². The number of anilines is 1. The molecule has 4 aromatic rings. The molecule has 1 N–H and O–H groups in total. The Bertz CT molecular complexity index is 2240. The van der Waals surface area contributed by atoms with Crippen LogP contribution in [0.25, 0.3) is 5.69 Å². The summed E-state index contributed by atoms with van der Waals surface area (Å²) < 4.78 is 68.3. The van der Waals surface area contributed by atoms with E-state index in [1.807, 2.05) is 0 Å². The van der Waals surface area contributed by atoms with Gasteiger partial charge in [-0.1, -0.05) is 24.3 Å². The van der Waals surface area contributed by atoms with Crippen molar-refractivity contribution in [1.29, 1.82) is 5.26 Å². The number of halogens is 4. The Hall–Kier alpha value is -5.79. The van der Waals surface area contributed by atoms with Crippen molar-refractivity contribution < 1.29 is 41.4 Å². The fourth-order valence-electron chi connectivity index (χ4n) is 8.34. The highest BCUT2D eigenvalue weighted by atomic mass is 19.4. The Morgan fingerprint density at radius 3 is 2.51 bits per heavy atom. The summed E-state index contributed by atoms with van der Waals surface area (Å²) in [6, 6.07) is 16.0. The van der Waals surface area contributed by atoms with E-state index in [0.717, 1.165) is 38.4 Å². The molecule has 3 saturated heterocycles. The lowest BCUT2D eigenvalue weighted by Gasteiger charge is -2.55. The van der Waals surface area contributed by atoms with Gasteiger partial charge in [0.25, 0.3) is 17.7 Å². The first-order valence-electron chi connectivity index (χ1n) is 18.8. The highest BCUT2D eigenvalue weighted by Crippen LogP contribution is 2.45. The van der Waals surface area contributed by atoms with E-state index in [2.05, 4.69) is 16.3 Å². The van der Waals surface area contributed by atoms with Crippen molar-refractivity contribution in [1.82, 2.24) is 24.9 Å². The number of carbonyl (C=O) groups excluding carboxylic acids is 3. The fourth-order valence-corrected chi connectivity index (χ4v) is 8.34. The summed E-state index contributed by atoms with van der Waals surface area (Å²) in [5, 5.41) is 17.5. The molecule has 0 aliphatic carbocycles. The van der Waals surface area contributed by atoms with E-state index < -0.39 is 53.3 Å². The number of nitrogens with zero attached hydrogens (tertiary/aromatic N) is 6. The molecule has 3 amide bonds. The SMILES string of the molecule is CCN1C(=O)[C@H](NC(=O)c2cccc(C(F)(F)F)c2)[C@H](c2ccc(F)cc2)c2c(C(=O)N3CCC[C@H]3C#N)nn(-c3cccc(OCCN4CC5(COC5)C4)c3)c21. The number of carbonyl (C=O) groups is 3. The van der Waals surface area contributed by atoms with Crippen LogP contribution in [0.3, 0.4) is 0 Å². The van der Waals surface area contributed by atoms with Gasteiger partial charge in [-0.05, 0) is 67.8 Å². The maximum atomic E-state index is 14.7. The van der Waals surface area contributed by atoms with Gasteiger partial charge < -0.3 is 19.7 Å². The van der Waals surface area contributed by atoms with Gasteiger partial charge in [-0.3, -0.25) is 24.2 Å². The molecule has 0 bridgehead atoms. The summed E-state index contributed by atoms with van der Waals surface area (Å²) in [7, 11) is 0. The van der Waals surface area contributed by atoms with Gasteiger partial charge in [-0.25, -0.2) is 9.07 Å². The van der Waals surface area contributed by atoms with E-state index in [1.165, 1.54) is 44.8 Å². The van der Waals surface area contributed by atoms with Gasteiger partial charge in [0.2, 0.25) is 0 Å². The lowest BCUT2D eigenvalue weighted by atomic mass is 9.78. The molecule has 0 radical (unpaired) electrons. The Morgan fingerprint density at radius 2 is 1.82 bits per heavy atom. The smallest absolute Gasteiger partial charge is 0.416 e. The fraction of sp³-hybridized carbons (Fsp3) is 0.390. The van der Waals surface area contributed by atoms with Crippen LogP contribution in [-0.2, 0) is 15.7 Å². The number of ether oxygens (including phenoxy) is 2. The van der Waals surface area contributed by atoms with Crippen molar-refractivity contribution in [2.75, 3.05) is 57.4 Å². The van der Waals surface area contributed by atoms with E-state index in [1.54, 1.807) is 31.2 Å². The minimum Gasteiger partial charge on any atom is -0.492 e. The van der Waals surface area contributed by atoms with Crippen molar-refractivity contribution in [2.24, 2.45) is 5.41 Å².